The zero-order chi connectivity index (χ0) is 17.9. The fourth-order valence-corrected chi connectivity index (χ4v) is 2.97. The van der Waals surface area contributed by atoms with Crippen LogP contribution in [0.1, 0.15) is 20.3 Å². The fourth-order valence-electron chi connectivity index (χ4n) is 2.97. The van der Waals surface area contributed by atoms with Gasteiger partial charge in [-0.05, 0) is 38.3 Å². The number of hydrogen-bond acceptors (Lipinski definition) is 4. The van der Waals surface area contributed by atoms with Gasteiger partial charge in [-0.15, -0.1) is 0 Å². The Kier molecular flexibility index (Phi) is 8.39. The second-order valence-electron chi connectivity index (χ2n) is 6.15. The zero-order valence-corrected chi connectivity index (χ0v) is 15.8. The number of benzene rings is 1. The molecule has 0 bridgehead atoms. The monoisotopic (exact) mass is 348 g/mol. The van der Waals surface area contributed by atoms with Gasteiger partial charge < -0.3 is 25.0 Å². The summed E-state index contributed by atoms with van der Waals surface area (Å²) in [4.78, 5) is 7.16. The lowest BCUT2D eigenvalue weighted by atomic mass is 10.1. The van der Waals surface area contributed by atoms with Gasteiger partial charge in [0, 0.05) is 51.1 Å². The van der Waals surface area contributed by atoms with E-state index in [-0.39, 0.29) is 0 Å². The maximum Gasteiger partial charge on any atom is 0.191 e. The van der Waals surface area contributed by atoms with Crippen LogP contribution in [0.4, 0.5) is 5.69 Å². The van der Waals surface area contributed by atoms with Crippen molar-refractivity contribution in [3.05, 3.63) is 24.3 Å². The molecule has 2 rings (SSSR count). The SMILES string of the molecule is CCNC(=NCC1CCN(c2cccc(OC)c2)C1)NCCOCC. The Balaban J connectivity index is 1.83. The molecule has 1 aliphatic rings. The topological polar surface area (TPSA) is 58.1 Å². The van der Waals surface area contributed by atoms with Crippen LogP contribution in [-0.4, -0.2) is 59.0 Å². The minimum atomic E-state index is 0.577. The lowest BCUT2D eigenvalue weighted by molar-refractivity contribution is 0.152. The highest BCUT2D eigenvalue weighted by Crippen LogP contribution is 2.26. The second-order valence-corrected chi connectivity index (χ2v) is 6.15. The molecule has 0 amide bonds. The van der Waals surface area contributed by atoms with E-state index in [1.807, 2.05) is 19.1 Å². The van der Waals surface area contributed by atoms with Gasteiger partial charge in [0.2, 0.25) is 0 Å². The summed E-state index contributed by atoms with van der Waals surface area (Å²) in [6.45, 7) is 10.1. The van der Waals surface area contributed by atoms with Crippen LogP contribution in [0.25, 0.3) is 0 Å². The summed E-state index contributed by atoms with van der Waals surface area (Å²) in [5.74, 6) is 2.36. The molecule has 2 N–H and O–H groups in total. The first kappa shape index (κ1) is 19.4. The average Bonchev–Trinajstić information content (AvgIpc) is 3.12. The standard InChI is InChI=1S/C19H32N4O2/c1-4-20-19(21-10-12-25-5-2)22-14-16-9-11-23(15-16)17-7-6-8-18(13-17)24-3/h6-8,13,16H,4-5,9-12,14-15H2,1-3H3,(H2,20,21,22). The Morgan fingerprint density at radius 3 is 2.96 bits per heavy atom. The van der Waals surface area contributed by atoms with Gasteiger partial charge in [-0.3, -0.25) is 4.99 Å². The van der Waals surface area contributed by atoms with E-state index in [4.69, 9.17) is 14.5 Å². The predicted octanol–water partition coefficient (Wildman–Crippen LogP) is 2.11. The molecule has 1 atom stereocenters. The highest BCUT2D eigenvalue weighted by Gasteiger charge is 2.22. The number of anilines is 1. The molecule has 0 spiro atoms. The van der Waals surface area contributed by atoms with Crippen molar-refractivity contribution < 1.29 is 9.47 Å². The first-order valence-corrected chi connectivity index (χ1v) is 9.25. The lowest BCUT2D eigenvalue weighted by Crippen LogP contribution is -2.39. The van der Waals surface area contributed by atoms with Crippen molar-refractivity contribution in [1.29, 1.82) is 0 Å². The first-order valence-electron chi connectivity index (χ1n) is 9.25. The smallest absolute Gasteiger partial charge is 0.191 e. The number of ether oxygens (including phenoxy) is 2. The summed E-state index contributed by atoms with van der Waals surface area (Å²) >= 11 is 0. The van der Waals surface area contributed by atoms with E-state index in [9.17, 15) is 0 Å². The molecule has 6 heteroatoms. The first-order chi connectivity index (χ1) is 12.3. The van der Waals surface area contributed by atoms with Gasteiger partial charge in [0.15, 0.2) is 5.96 Å². The summed E-state index contributed by atoms with van der Waals surface area (Å²) in [6, 6.07) is 8.28. The van der Waals surface area contributed by atoms with E-state index in [0.29, 0.717) is 12.5 Å². The van der Waals surface area contributed by atoms with E-state index in [1.165, 1.54) is 12.1 Å². The summed E-state index contributed by atoms with van der Waals surface area (Å²) in [5.41, 5.74) is 1.23. The van der Waals surface area contributed by atoms with Gasteiger partial charge in [-0.1, -0.05) is 6.07 Å². The summed E-state index contributed by atoms with van der Waals surface area (Å²) in [6.07, 6.45) is 1.17. The van der Waals surface area contributed by atoms with Crippen LogP contribution in [0.2, 0.25) is 0 Å². The van der Waals surface area contributed by atoms with Gasteiger partial charge in [0.1, 0.15) is 5.75 Å². The molecule has 25 heavy (non-hydrogen) atoms. The van der Waals surface area contributed by atoms with Crippen molar-refractivity contribution in [2.45, 2.75) is 20.3 Å². The van der Waals surface area contributed by atoms with E-state index >= 15 is 0 Å². The summed E-state index contributed by atoms with van der Waals surface area (Å²) < 4.78 is 10.7. The fraction of sp³-hybridized carbons (Fsp3) is 0.632. The molecule has 140 valence electrons. The maximum absolute atomic E-state index is 5.36. The molecule has 1 aromatic carbocycles. The largest absolute Gasteiger partial charge is 0.497 e. The minimum absolute atomic E-state index is 0.577. The molecule has 0 saturated carbocycles. The van der Waals surface area contributed by atoms with Crippen LogP contribution in [0.15, 0.2) is 29.3 Å². The van der Waals surface area contributed by atoms with Gasteiger partial charge in [-0.2, -0.15) is 0 Å². The second kappa shape index (κ2) is 10.8. The quantitative estimate of drug-likeness (QED) is 0.407. The third-order valence-corrected chi connectivity index (χ3v) is 4.30. The molecule has 1 saturated heterocycles. The van der Waals surface area contributed by atoms with Crippen molar-refractivity contribution >= 4 is 11.6 Å². The highest BCUT2D eigenvalue weighted by molar-refractivity contribution is 5.79. The summed E-state index contributed by atoms with van der Waals surface area (Å²) in [7, 11) is 1.71. The maximum atomic E-state index is 5.36. The van der Waals surface area contributed by atoms with Crippen LogP contribution < -0.4 is 20.3 Å². The van der Waals surface area contributed by atoms with Crippen molar-refractivity contribution in [3.8, 4) is 5.75 Å². The molecule has 0 aliphatic carbocycles. The average molecular weight is 348 g/mol. The summed E-state index contributed by atoms with van der Waals surface area (Å²) in [5, 5.41) is 6.62. The Morgan fingerprint density at radius 1 is 1.32 bits per heavy atom. The zero-order valence-electron chi connectivity index (χ0n) is 15.8. The van der Waals surface area contributed by atoms with Gasteiger partial charge in [0.05, 0.1) is 13.7 Å². The van der Waals surface area contributed by atoms with Crippen molar-refractivity contribution in [3.63, 3.8) is 0 Å². The van der Waals surface area contributed by atoms with Crippen LogP contribution >= 0.6 is 0 Å². The van der Waals surface area contributed by atoms with Gasteiger partial charge in [0.25, 0.3) is 0 Å². The number of guanidine groups is 1. The third kappa shape index (κ3) is 6.46. The molecule has 0 radical (unpaired) electrons. The van der Waals surface area contributed by atoms with E-state index in [2.05, 4.69) is 34.6 Å². The molecular formula is C19H32N4O2. The van der Waals surface area contributed by atoms with Crippen LogP contribution in [-0.2, 0) is 4.74 Å². The molecule has 1 unspecified atom stereocenters. The molecule has 1 aromatic rings. The van der Waals surface area contributed by atoms with Crippen molar-refractivity contribution in [2.24, 2.45) is 10.9 Å². The number of nitrogens with zero attached hydrogens (tertiary/aromatic N) is 2. The van der Waals surface area contributed by atoms with E-state index in [0.717, 1.165) is 51.0 Å². The molecular weight excluding hydrogens is 316 g/mol. The number of aliphatic imine (C=N–C) groups is 1. The lowest BCUT2D eigenvalue weighted by Gasteiger charge is -2.19. The molecule has 0 aromatic heterocycles. The third-order valence-electron chi connectivity index (χ3n) is 4.30. The van der Waals surface area contributed by atoms with Crippen molar-refractivity contribution in [2.75, 3.05) is 57.9 Å². The Morgan fingerprint density at radius 2 is 2.20 bits per heavy atom. The van der Waals surface area contributed by atoms with Crippen LogP contribution in [0.5, 0.6) is 5.75 Å². The Bertz CT molecular complexity index is 536. The molecule has 1 fully saturated rings. The Hall–Kier alpha value is -1.95. The van der Waals surface area contributed by atoms with Crippen molar-refractivity contribution in [1.82, 2.24) is 10.6 Å². The predicted molar refractivity (Wildman–Crippen MR) is 104 cm³/mol. The molecule has 1 heterocycles. The molecule has 1 aliphatic heterocycles. The number of nitrogens with one attached hydrogen (secondary N) is 2. The number of methoxy groups -OCH3 is 1. The van der Waals surface area contributed by atoms with Crippen LogP contribution in [0, 0.1) is 5.92 Å². The molecule has 6 nitrogen and oxygen atoms in total. The van der Waals surface area contributed by atoms with Gasteiger partial charge >= 0.3 is 0 Å². The van der Waals surface area contributed by atoms with E-state index in [1.54, 1.807) is 7.11 Å². The number of rotatable bonds is 9. The Labute approximate surface area is 151 Å². The number of hydrogen-bond donors (Lipinski definition) is 2. The van der Waals surface area contributed by atoms with E-state index < -0.39 is 0 Å². The van der Waals surface area contributed by atoms with Crippen LogP contribution in [0.3, 0.4) is 0 Å². The normalized spacial score (nSPS) is 17.6. The van der Waals surface area contributed by atoms with Gasteiger partial charge in [-0.25, -0.2) is 0 Å². The highest BCUT2D eigenvalue weighted by atomic mass is 16.5. The minimum Gasteiger partial charge on any atom is -0.497 e.